The van der Waals surface area contributed by atoms with Gasteiger partial charge >= 0.3 is 12.0 Å². The molecule has 0 unspecified atom stereocenters. The Labute approximate surface area is 199 Å². The minimum atomic E-state index is -1.16. The zero-order valence-electron chi connectivity index (χ0n) is 18.4. The van der Waals surface area contributed by atoms with Gasteiger partial charge < -0.3 is 15.3 Å². The third-order valence-electron chi connectivity index (χ3n) is 5.17. The van der Waals surface area contributed by atoms with Crippen LogP contribution in [0.1, 0.15) is 44.9 Å². The van der Waals surface area contributed by atoms with Crippen molar-refractivity contribution in [2.75, 3.05) is 33.9 Å². The lowest BCUT2D eigenvalue weighted by Crippen LogP contribution is -2.31. The Kier molecular flexibility index (Phi) is 6.97. The van der Waals surface area contributed by atoms with E-state index in [0.29, 0.717) is 5.69 Å². The number of carbonyl (C=O) groups is 3. The third-order valence-corrected chi connectivity index (χ3v) is 6.08. The number of benzene rings is 1. The quantitative estimate of drug-likeness (QED) is 0.415. The van der Waals surface area contributed by atoms with Crippen molar-refractivity contribution < 1.29 is 19.5 Å². The maximum absolute atomic E-state index is 12.6. The average Bonchev–Trinajstić information content (AvgIpc) is 3.29. The van der Waals surface area contributed by atoms with Crippen LogP contribution in [0.2, 0.25) is 0 Å². The summed E-state index contributed by atoms with van der Waals surface area (Å²) < 4.78 is 0. The number of carboxylic acid groups (broad SMARTS) is 1. The van der Waals surface area contributed by atoms with Crippen molar-refractivity contribution in [2.45, 2.75) is 26.2 Å². The smallest absolute Gasteiger partial charge is 0.338 e. The lowest BCUT2D eigenvalue weighted by Gasteiger charge is -2.30. The van der Waals surface area contributed by atoms with E-state index in [1.54, 1.807) is 0 Å². The first kappa shape index (κ1) is 23.1. The Bertz CT molecular complexity index is 1210. The van der Waals surface area contributed by atoms with Gasteiger partial charge in [0, 0.05) is 25.5 Å². The highest BCUT2D eigenvalue weighted by Gasteiger charge is 2.18. The molecule has 3 heterocycles. The van der Waals surface area contributed by atoms with E-state index >= 15 is 0 Å². The van der Waals surface area contributed by atoms with Crippen LogP contribution in [0.15, 0.2) is 36.8 Å². The summed E-state index contributed by atoms with van der Waals surface area (Å²) in [4.78, 5) is 50.1. The molecule has 0 bridgehead atoms. The molecule has 0 saturated carbocycles. The van der Waals surface area contributed by atoms with Crippen molar-refractivity contribution in [3.63, 3.8) is 0 Å². The lowest BCUT2D eigenvalue weighted by molar-refractivity contribution is 0.0696. The standard InChI is InChI=1S/C22H23N7O4S/c1-13-5-6-15(16(9-13)29-7-3-2-4-8-29)26-21(33)28-22-25-12-17(34-22)18(30)27-20-23-10-14(11-24-20)19(31)32/h5-6,9-12H,2-4,7-8H2,1H3,(H,31,32)(H,23,24,27,30)(H2,25,26,28,33). The number of amides is 3. The van der Waals surface area contributed by atoms with Gasteiger partial charge in [-0.1, -0.05) is 17.4 Å². The first-order valence-corrected chi connectivity index (χ1v) is 11.5. The summed E-state index contributed by atoms with van der Waals surface area (Å²) in [5, 5.41) is 17.1. The Balaban J connectivity index is 1.38. The van der Waals surface area contributed by atoms with Crippen molar-refractivity contribution in [1.82, 2.24) is 15.0 Å². The van der Waals surface area contributed by atoms with Crippen LogP contribution in [-0.4, -0.2) is 51.1 Å². The van der Waals surface area contributed by atoms with E-state index in [9.17, 15) is 14.4 Å². The van der Waals surface area contributed by atoms with E-state index in [1.165, 1.54) is 12.6 Å². The fourth-order valence-electron chi connectivity index (χ4n) is 3.50. The van der Waals surface area contributed by atoms with E-state index < -0.39 is 17.9 Å². The number of urea groups is 1. The number of hydrogen-bond acceptors (Lipinski definition) is 8. The van der Waals surface area contributed by atoms with Gasteiger partial charge in [-0.3, -0.25) is 15.4 Å². The first-order chi connectivity index (χ1) is 16.4. The highest BCUT2D eigenvalue weighted by atomic mass is 32.1. The number of thiazole rings is 1. The van der Waals surface area contributed by atoms with Crippen LogP contribution in [0, 0.1) is 6.92 Å². The fourth-order valence-corrected chi connectivity index (χ4v) is 4.20. The predicted octanol–water partition coefficient (Wildman–Crippen LogP) is 3.83. The number of hydrogen-bond donors (Lipinski definition) is 4. The van der Waals surface area contributed by atoms with Crippen LogP contribution >= 0.6 is 11.3 Å². The molecule has 0 aliphatic carbocycles. The summed E-state index contributed by atoms with van der Waals surface area (Å²) in [5.74, 6) is -1.73. The number of nitrogens with one attached hydrogen (secondary N) is 3. The van der Waals surface area contributed by atoms with E-state index in [-0.39, 0.29) is 21.5 Å². The molecule has 176 valence electrons. The minimum absolute atomic E-state index is 0.0414. The van der Waals surface area contributed by atoms with Crippen molar-refractivity contribution in [3.05, 3.63) is 52.8 Å². The molecule has 3 aromatic rings. The molecule has 4 N–H and O–H groups in total. The molecule has 0 radical (unpaired) electrons. The Morgan fingerprint density at radius 2 is 1.71 bits per heavy atom. The van der Waals surface area contributed by atoms with Crippen molar-refractivity contribution in [1.29, 1.82) is 0 Å². The van der Waals surface area contributed by atoms with Crippen LogP contribution in [-0.2, 0) is 0 Å². The molecule has 1 fully saturated rings. The lowest BCUT2D eigenvalue weighted by atomic mass is 10.1. The molecule has 4 rings (SSSR count). The molecule has 0 atom stereocenters. The van der Waals surface area contributed by atoms with Crippen LogP contribution in [0.5, 0.6) is 0 Å². The number of aromatic nitrogens is 3. The molecular weight excluding hydrogens is 458 g/mol. The van der Waals surface area contributed by atoms with Gasteiger partial charge in [0.05, 0.1) is 23.1 Å². The second-order valence-corrected chi connectivity index (χ2v) is 8.76. The zero-order valence-corrected chi connectivity index (χ0v) is 19.2. The maximum atomic E-state index is 12.6. The van der Waals surface area contributed by atoms with Crippen molar-refractivity contribution >= 4 is 51.7 Å². The molecule has 1 aliphatic heterocycles. The van der Waals surface area contributed by atoms with Gasteiger partial charge in [0.1, 0.15) is 4.88 Å². The second kappa shape index (κ2) is 10.3. The summed E-state index contributed by atoms with van der Waals surface area (Å²) >= 11 is 0.987. The normalized spacial score (nSPS) is 13.3. The zero-order chi connectivity index (χ0) is 24.1. The fraction of sp³-hybridized carbons (Fsp3) is 0.273. The van der Waals surface area contributed by atoms with Crippen LogP contribution in [0.25, 0.3) is 0 Å². The summed E-state index contributed by atoms with van der Waals surface area (Å²) in [7, 11) is 0. The van der Waals surface area contributed by atoms with E-state index in [2.05, 4.69) is 41.9 Å². The van der Waals surface area contributed by atoms with Gasteiger partial charge in [-0.05, 0) is 43.9 Å². The molecule has 0 spiro atoms. The molecule has 3 amide bonds. The SMILES string of the molecule is Cc1ccc(NC(=O)Nc2ncc(C(=O)Nc3ncc(C(=O)O)cn3)s2)c(N2CCCCC2)c1. The Hall–Kier alpha value is -4.06. The molecular formula is C22H23N7O4S. The van der Waals surface area contributed by atoms with Gasteiger partial charge in [-0.2, -0.15) is 0 Å². The van der Waals surface area contributed by atoms with Gasteiger partial charge in [-0.25, -0.2) is 24.5 Å². The van der Waals surface area contributed by atoms with Gasteiger partial charge in [-0.15, -0.1) is 0 Å². The van der Waals surface area contributed by atoms with Gasteiger partial charge in [0.2, 0.25) is 5.95 Å². The number of anilines is 4. The van der Waals surface area contributed by atoms with Crippen LogP contribution in [0.4, 0.5) is 27.2 Å². The van der Waals surface area contributed by atoms with E-state index in [1.807, 2.05) is 19.1 Å². The molecule has 34 heavy (non-hydrogen) atoms. The number of aryl methyl sites for hydroxylation is 1. The minimum Gasteiger partial charge on any atom is -0.478 e. The summed E-state index contributed by atoms with van der Waals surface area (Å²) in [6.45, 7) is 3.92. The number of nitrogens with zero attached hydrogens (tertiary/aromatic N) is 4. The molecule has 1 aliphatic rings. The third kappa shape index (κ3) is 5.64. The molecule has 11 nitrogen and oxygen atoms in total. The summed E-state index contributed by atoms with van der Waals surface area (Å²) in [5.41, 5.74) is 2.72. The van der Waals surface area contributed by atoms with Crippen molar-refractivity contribution in [3.8, 4) is 0 Å². The summed E-state index contributed by atoms with van der Waals surface area (Å²) in [6.07, 6.45) is 6.98. The predicted molar refractivity (Wildman–Crippen MR) is 129 cm³/mol. The first-order valence-electron chi connectivity index (χ1n) is 10.6. The summed E-state index contributed by atoms with van der Waals surface area (Å²) in [6, 6.07) is 5.43. The van der Waals surface area contributed by atoms with E-state index in [4.69, 9.17) is 5.11 Å². The highest BCUT2D eigenvalue weighted by Crippen LogP contribution is 2.30. The maximum Gasteiger partial charge on any atom is 0.338 e. The van der Waals surface area contributed by atoms with Crippen LogP contribution < -0.4 is 20.9 Å². The number of rotatable bonds is 6. The molecule has 1 aromatic carbocycles. The Morgan fingerprint density at radius 1 is 0.971 bits per heavy atom. The molecule has 2 aromatic heterocycles. The Morgan fingerprint density at radius 3 is 2.41 bits per heavy atom. The number of carboxylic acids is 1. The average molecular weight is 482 g/mol. The van der Waals surface area contributed by atoms with Gasteiger partial charge in [0.25, 0.3) is 5.91 Å². The topological polar surface area (TPSA) is 149 Å². The molecule has 12 heteroatoms. The van der Waals surface area contributed by atoms with E-state index in [0.717, 1.165) is 60.9 Å². The monoisotopic (exact) mass is 481 g/mol. The number of piperidine rings is 1. The van der Waals surface area contributed by atoms with Crippen molar-refractivity contribution in [2.24, 2.45) is 0 Å². The van der Waals surface area contributed by atoms with Gasteiger partial charge in [0.15, 0.2) is 5.13 Å². The van der Waals surface area contributed by atoms with Crippen LogP contribution in [0.3, 0.4) is 0 Å². The number of carbonyl (C=O) groups excluding carboxylic acids is 2. The number of aromatic carboxylic acids is 1. The highest BCUT2D eigenvalue weighted by molar-refractivity contribution is 7.17. The molecule has 1 saturated heterocycles. The largest absolute Gasteiger partial charge is 0.478 e. The second-order valence-electron chi connectivity index (χ2n) is 7.73.